The van der Waals surface area contributed by atoms with Crippen molar-refractivity contribution in [1.82, 2.24) is 4.98 Å². The van der Waals surface area contributed by atoms with Crippen molar-refractivity contribution in [3.63, 3.8) is 0 Å². The first-order chi connectivity index (χ1) is 10.7. The second kappa shape index (κ2) is 6.85. The zero-order valence-electron chi connectivity index (χ0n) is 12.0. The summed E-state index contributed by atoms with van der Waals surface area (Å²) in [6, 6.07) is 16.2. The first-order valence-electron chi connectivity index (χ1n) is 6.78. The van der Waals surface area contributed by atoms with E-state index in [0.717, 1.165) is 26.4 Å². The number of hydrogen-bond acceptors (Lipinski definition) is 4. The molecule has 3 aromatic rings. The minimum Gasteiger partial charge on any atom is -0.253 e. The smallest absolute Gasteiger partial charge is 0.203 e. The van der Waals surface area contributed by atoms with Crippen LogP contribution < -0.4 is 5.43 Å². The molecule has 1 heterocycles. The lowest BCUT2D eigenvalue weighted by molar-refractivity contribution is 1.28. The molecule has 0 saturated carbocycles. The van der Waals surface area contributed by atoms with Gasteiger partial charge in [0.1, 0.15) is 0 Å². The van der Waals surface area contributed by atoms with Gasteiger partial charge in [-0.3, -0.25) is 5.43 Å². The van der Waals surface area contributed by atoms with Crippen LogP contribution in [0.25, 0.3) is 11.3 Å². The first-order valence-corrected chi connectivity index (χ1v) is 8.46. The largest absolute Gasteiger partial charge is 0.253 e. The molecule has 3 nitrogen and oxygen atoms in total. The number of thiazole rings is 1. The Kier molecular flexibility index (Phi) is 4.65. The lowest BCUT2D eigenvalue weighted by atomic mass is 10.1. The normalized spacial score (nSPS) is 11.0. The third kappa shape index (κ3) is 3.61. The molecule has 0 bridgehead atoms. The van der Waals surface area contributed by atoms with Crippen LogP contribution in [0.1, 0.15) is 11.1 Å². The number of halogens is 1. The highest BCUT2D eigenvalue weighted by atomic mass is 79.9. The third-order valence-electron chi connectivity index (χ3n) is 3.20. The summed E-state index contributed by atoms with van der Waals surface area (Å²) in [6.07, 6.45) is 1.82. The molecule has 3 rings (SSSR count). The maximum Gasteiger partial charge on any atom is 0.203 e. The number of hydrogen-bond donors (Lipinski definition) is 1. The number of benzene rings is 2. The molecule has 0 aliphatic heterocycles. The van der Waals surface area contributed by atoms with E-state index in [1.165, 1.54) is 5.56 Å². The molecule has 0 atom stereocenters. The van der Waals surface area contributed by atoms with Crippen molar-refractivity contribution >= 4 is 38.6 Å². The highest BCUT2D eigenvalue weighted by molar-refractivity contribution is 9.10. The molecule has 0 aliphatic rings. The Bertz CT molecular complexity index is 794. The summed E-state index contributed by atoms with van der Waals surface area (Å²) < 4.78 is 1.06. The van der Waals surface area contributed by atoms with Gasteiger partial charge in [-0.1, -0.05) is 52.3 Å². The lowest BCUT2D eigenvalue weighted by Gasteiger charge is -1.98. The first kappa shape index (κ1) is 14.9. The molecule has 0 spiro atoms. The van der Waals surface area contributed by atoms with Crippen molar-refractivity contribution in [2.45, 2.75) is 6.92 Å². The molecular formula is C17H14BrN3S. The molecule has 0 saturated heterocycles. The predicted octanol–water partition coefficient (Wildman–Crippen LogP) is 5.33. The van der Waals surface area contributed by atoms with Crippen LogP contribution in [0.2, 0.25) is 0 Å². The Morgan fingerprint density at radius 2 is 1.91 bits per heavy atom. The Hall–Kier alpha value is -1.98. The average molecular weight is 372 g/mol. The molecule has 1 N–H and O–H groups in total. The van der Waals surface area contributed by atoms with Crippen molar-refractivity contribution in [2.75, 3.05) is 5.43 Å². The third-order valence-corrected chi connectivity index (χ3v) is 4.47. The molecule has 0 radical (unpaired) electrons. The van der Waals surface area contributed by atoms with E-state index in [4.69, 9.17) is 0 Å². The maximum absolute atomic E-state index is 4.54. The summed E-state index contributed by atoms with van der Waals surface area (Å²) >= 11 is 4.98. The number of aryl methyl sites for hydroxylation is 1. The van der Waals surface area contributed by atoms with E-state index in [2.05, 4.69) is 44.4 Å². The number of aromatic nitrogens is 1. The number of nitrogens with one attached hydrogen (secondary N) is 1. The molecule has 0 amide bonds. The van der Waals surface area contributed by atoms with Crippen LogP contribution >= 0.6 is 27.3 Å². The van der Waals surface area contributed by atoms with Gasteiger partial charge >= 0.3 is 0 Å². The van der Waals surface area contributed by atoms with E-state index in [1.54, 1.807) is 11.3 Å². The molecule has 0 fully saturated rings. The second-order valence-electron chi connectivity index (χ2n) is 4.77. The van der Waals surface area contributed by atoms with Gasteiger partial charge < -0.3 is 0 Å². The monoisotopic (exact) mass is 371 g/mol. The fourth-order valence-corrected chi connectivity index (χ4v) is 2.90. The van der Waals surface area contributed by atoms with Gasteiger partial charge in [0, 0.05) is 15.4 Å². The van der Waals surface area contributed by atoms with Crippen molar-refractivity contribution in [3.8, 4) is 11.3 Å². The molecule has 0 aliphatic carbocycles. The molecule has 22 heavy (non-hydrogen) atoms. The van der Waals surface area contributed by atoms with Crippen molar-refractivity contribution in [1.29, 1.82) is 0 Å². The summed E-state index contributed by atoms with van der Waals surface area (Å²) in [6.45, 7) is 2.07. The van der Waals surface area contributed by atoms with Gasteiger partial charge in [-0.2, -0.15) is 5.10 Å². The number of rotatable bonds is 4. The zero-order valence-corrected chi connectivity index (χ0v) is 14.4. The molecule has 2 aromatic carbocycles. The van der Waals surface area contributed by atoms with E-state index in [0.29, 0.717) is 0 Å². The fraction of sp³-hybridized carbons (Fsp3) is 0.0588. The topological polar surface area (TPSA) is 37.3 Å². The zero-order chi connectivity index (χ0) is 15.4. The van der Waals surface area contributed by atoms with Gasteiger partial charge in [-0.25, -0.2) is 4.98 Å². The van der Waals surface area contributed by atoms with E-state index >= 15 is 0 Å². The van der Waals surface area contributed by atoms with Gasteiger partial charge in [0.15, 0.2) is 0 Å². The highest BCUT2D eigenvalue weighted by Crippen LogP contribution is 2.26. The van der Waals surface area contributed by atoms with Crippen LogP contribution in [0.15, 0.2) is 63.5 Å². The summed E-state index contributed by atoms with van der Waals surface area (Å²) in [5.74, 6) is 0. The quantitative estimate of drug-likeness (QED) is 0.497. The van der Waals surface area contributed by atoms with Gasteiger partial charge in [-0.15, -0.1) is 11.3 Å². The van der Waals surface area contributed by atoms with E-state index in [9.17, 15) is 0 Å². The van der Waals surface area contributed by atoms with Crippen LogP contribution in [-0.2, 0) is 0 Å². The molecule has 110 valence electrons. The molecule has 5 heteroatoms. The summed E-state index contributed by atoms with van der Waals surface area (Å²) in [4.78, 5) is 4.54. The lowest BCUT2D eigenvalue weighted by Crippen LogP contribution is -1.92. The second-order valence-corrected chi connectivity index (χ2v) is 6.55. The molecular weight excluding hydrogens is 358 g/mol. The van der Waals surface area contributed by atoms with Crippen LogP contribution in [0, 0.1) is 6.92 Å². The Morgan fingerprint density at radius 3 is 2.68 bits per heavy atom. The Balaban J connectivity index is 1.70. The summed E-state index contributed by atoms with van der Waals surface area (Å²) in [5.41, 5.74) is 7.33. The van der Waals surface area contributed by atoms with Crippen molar-refractivity contribution in [3.05, 3.63) is 69.5 Å². The number of hydrazone groups is 1. The van der Waals surface area contributed by atoms with Gasteiger partial charge in [0.2, 0.25) is 5.13 Å². The van der Waals surface area contributed by atoms with E-state index in [1.807, 2.05) is 54.1 Å². The molecule has 0 unspecified atom stereocenters. The van der Waals surface area contributed by atoms with Crippen LogP contribution in [0.4, 0.5) is 5.13 Å². The summed E-state index contributed by atoms with van der Waals surface area (Å²) in [7, 11) is 0. The fourth-order valence-electron chi connectivity index (χ4n) is 1.97. The minimum absolute atomic E-state index is 0.780. The van der Waals surface area contributed by atoms with Crippen molar-refractivity contribution < 1.29 is 0 Å². The van der Waals surface area contributed by atoms with Crippen LogP contribution in [0.5, 0.6) is 0 Å². The number of anilines is 1. The van der Waals surface area contributed by atoms with Crippen LogP contribution in [0.3, 0.4) is 0 Å². The van der Waals surface area contributed by atoms with E-state index < -0.39 is 0 Å². The van der Waals surface area contributed by atoms with Gasteiger partial charge in [0.05, 0.1) is 11.9 Å². The van der Waals surface area contributed by atoms with Gasteiger partial charge in [-0.05, 0) is 30.2 Å². The van der Waals surface area contributed by atoms with Crippen molar-refractivity contribution in [2.24, 2.45) is 5.10 Å². The molecule has 1 aromatic heterocycles. The standard InChI is InChI=1S/C17H14BrN3S/c1-12-4-2-3-5-14(12)10-19-21-17-20-16(11-22-17)13-6-8-15(18)9-7-13/h2-11H,1H3,(H,20,21)/b19-10-. The highest BCUT2D eigenvalue weighted by Gasteiger charge is 2.03. The Labute approximate surface area is 141 Å². The predicted molar refractivity (Wildman–Crippen MR) is 97.6 cm³/mol. The maximum atomic E-state index is 4.54. The summed E-state index contributed by atoms with van der Waals surface area (Å²) in [5, 5.41) is 7.06. The SMILES string of the molecule is Cc1ccccc1/C=N\Nc1nc(-c2ccc(Br)cc2)cs1. The average Bonchev–Trinajstić information content (AvgIpc) is 2.99. The minimum atomic E-state index is 0.780. The van der Waals surface area contributed by atoms with E-state index in [-0.39, 0.29) is 0 Å². The van der Waals surface area contributed by atoms with Gasteiger partial charge in [0.25, 0.3) is 0 Å². The van der Waals surface area contributed by atoms with Crippen LogP contribution in [-0.4, -0.2) is 11.2 Å². The Morgan fingerprint density at radius 1 is 1.14 bits per heavy atom. The number of nitrogens with zero attached hydrogens (tertiary/aromatic N) is 2.